The third kappa shape index (κ3) is 3.25. The van der Waals surface area contributed by atoms with E-state index in [-0.39, 0.29) is 17.5 Å². The summed E-state index contributed by atoms with van der Waals surface area (Å²) in [5.41, 5.74) is 5.66. The summed E-state index contributed by atoms with van der Waals surface area (Å²) in [6, 6.07) is 13.4. The molecule has 3 rings (SSSR count). The molecule has 1 aliphatic carbocycles. The molecule has 2 atom stereocenters. The molecule has 0 spiro atoms. The number of carbonyl (C=O) groups is 2. The lowest BCUT2D eigenvalue weighted by atomic mass is 9.86. The number of carbonyl (C=O) groups excluding carboxylic acids is 2. The Morgan fingerprint density at radius 2 is 1.64 bits per heavy atom. The molecule has 0 bridgehead atoms. The minimum absolute atomic E-state index is 0.0266. The highest BCUT2D eigenvalue weighted by Crippen LogP contribution is 2.37. The maximum atomic E-state index is 13.0. The first-order valence-corrected chi connectivity index (χ1v) is 8.54. The predicted octanol–water partition coefficient (Wildman–Crippen LogP) is 3.97. The summed E-state index contributed by atoms with van der Waals surface area (Å²) in [5, 5.41) is 8.87. The standard InChI is InChI=1S/C22H21NO2/c1-13-8-14(2)20(15(3)9-13)21-19(24)11-18(22(21)25)10-16-4-6-17(12-23)7-5-16/h4-9,18,21H,10-11H2,1-3H3. The molecular formula is C22H21NO2. The number of nitrogens with zero attached hydrogens (tertiary/aromatic N) is 1. The Bertz CT molecular complexity index is 864. The van der Waals surface area contributed by atoms with Crippen molar-refractivity contribution in [1.82, 2.24) is 0 Å². The minimum Gasteiger partial charge on any atom is -0.298 e. The molecule has 0 heterocycles. The third-order valence-electron chi connectivity index (χ3n) is 5.05. The Morgan fingerprint density at radius 3 is 2.20 bits per heavy atom. The maximum absolute atomic E-state index is 13.0. The van der Waals surface area contributed by atoms with E-state index in [9.17, 15) is 9.59 Å². The SMILES string of the molecule is Cc1cc(C)c(C2C(=O)CC(Cc3ccc(C#N)cc3)C2=O)c(C)c1. The second-order valence-corrected chi connectivity index (χ2v) is 7.03. The van der Waals surface area contributed by atoms with Crippen molar-refractivity contribution < 1.29 is 9.59 Å². The van der Waals surface area contributed by atoms with Gasteiger partial charge >= 0.3 is 0 Å². The van der Waals surface area contributed by atoms with Crippen LogP contribution in [-0.2, 0) is 16.0 Å². The first-order chi connectivity index (χ1) is 11.9. The number of nitriles is 1. The van der Waals surface area contributed by atoms with E-state index in [1.807, 2.05) is 45.0 Å². The average Bonchev–Trinajstić information content (AvgIpc) is 2.82. The van der Waals surface area contributed by atoms with Gasteiger partial charge in [-0.05, 0) is 61.6 Å². The largest absolute Gasteiger partial charge is 0.298 e. The Labute approximate surface area is 148 Å². The number of aryl methyl sites for hydroxylation is 3. The molecule has 0 aromatic heterocycles. The van der Waals surface area contributed by atoms with Crippen molar-refractivity contribution in [1.29, 1.82) is 5.26 Å². The van der Waals surface area contributed by atoms with Gasteiger partial charge in [0.15, 0.2) is 5.78 Å². The summed E-state index contributed by atoms with van der Waals surface area (Å²) in [6.07, 6.45) is 0.854. The van der Waals surface area contributed by atoms with Gasteiger partial charge in [-0.15, -0.1) is 0 Å². The van der Waals surface area contributed by atoms with Crippen LogP contribution in [0.15, 0.2) is 36.4 Å². The molecule has 0 aliphatic heterocycles. The number of Topliss-reactive ketones (excluding diaryl/α,β-unsaturated/α-hetero) is 2. The molecule has 0 radical (unpaired) electrons. The minimum atomic E-state index is -0.621. The monoisotopic (exact) mass is 331 g/mol. The molecule has 3 nitrogen and oxygen atoms in total. The first-order valence-electron chi connectivity index (χ1n) is 8.54. The highest BCUT2D eigenvalue weighted by Gasteiger charge is 2.42. The van der Waals surface area contributed by atoms with E-state index >= 15 is 0 Å². The summed E-state index contributed by atoms with van der Waals surface area (Å²) < 4.78 is 0. The molecule has 1 fully saturated rings. The first kappa shape index (κ1) is 17.1. The number of rotatable bonds is 3. The van der Waals surface area contributed by atoms with Crippen LogP contribution in [0.3, 0.4) is 0 Å². The van der Waals surface area contributed by atoms with Crippen molar-refractivity contribution in [3.8, 4) is 6.07 Å². The van der Waals surface area contributed by atoms with Gasteiger partial charge in [0.1, 0.15) is 11.7 Å². The summed E-state index contributed by atoms with van der Waals surface area (Å²) in [5.74, 6) is -0.836. The fraction of sp³-hybridized carbons (Fsp3) is 0.318. The van der Waals surface area contributed by atoms with Crippen LogP contribution in [0.1, 0.15) is 45.7 Å². The molecule has 126 valence electrons. The summed E-state index contributed by atoms with van der Waals surface area (Å²) in [4.78, 5) is 25.6. The van der Waals surface area contributed by atoms with E-state index in [0.29, 0.717) is 18.4 Å². The molecule has 1 aliphatic rings. The second kappa shape index (κ2) is 6.64. The van der Waals surface area contributed by atoms with E-state index in [1.54, 1.807) is 12.1 Å². The van der Waals surface area contributed by atoms with Crippen LogP contribution in [0.5, 0.6) is 0 Å². The molecule has 3 heteroatoms. The Balaban J connectivity index is 1.86. The molecule has 2 unspecified atom stereocenters. The number of benzene rings is 2. The van der Waals surface area contributed by atoms with Crippen LogP contribution in [-0.4, -0.2) is 11.6 Å². The van der Waals surface area contributed by atoms with E-state index in [1.165, 1.54) is 0 Å². The van der Waals surface area contributed by atoms with Gasteiger partial charge in [0.2, 0.25) is 0 Å². The third-order valence-corrected chi connectivity index (χ3v) is 5.05. The highest BCUT2D eigenvalue weighted by atomic mass is 16.2. The number of ketones is 2. The summed E-state index contributed by atoms with van der Waals surface area (Å²) in [6.45, 7) is 5.98. The van der Waals surface area contributed by atoms with Gasteiger partial charge in [-0.2, -0.15) is 5.26 Å². The van der Waals surface area contributed by atoms with Crippen LogP contribution in [0.2, 0.25) is 0 Å². The molecule has 0 N–H and O–H groups in total. The fourth-order valence-electron chi connectivity index (χ4n) is 3.98. The van der Waals surface area contributed by atoms with Gasteiger partial charge in [0, 0.05) is 12.3 Å². The molecule has 25 heavy (non-hydrogen) atoms. The Kier molecular flexibility index (Phi) is 4.55. The number of hydrogen-bond donors (Lipinski definition) is 0. The van der Waals surface area contributed by atoms with Crippen molar-refractivity contribution in [3.63, 3.8) is 0 Å². The predicted molar refractivity (Wildman–Crippen MR) is 96.4 cm³/mol. The zero-order chi connectivity index (χ0) is 18.1. The molecule has 2 aromatic rings. The Morgan fingerprint density at radius 1 is 1.04 bits per heavy atom. The second-order valence-electron chi connectivity index (χ2n) is 7.03. The molecule has 0 amide bonds. The van der Waals surface area contributed by atoms with Crippen LogP contribution in [0.25, 0.3) is 0 Å². The van der Waals surface area contributed by atoms with Crippen LogP contribution in [0, 0.1) is 38.0 Å². The quantitative estimate of drug-likeness (QED) is 0.800. The van der Waals surface area contributed by atoms with Gasteiger partial charge in [0.05, 0.1) is 11.6 Å². The lowest BCUT2D eigenvalue weighted by Crippen LogP contribution is -2.18. The van der Waals surface area contributed by atoms with Crippen molar-refractivity contribution in [2.75, 3.05) is 0 Å². The number of hydrogen-bond acceptors (Lipinski definition) is 3. The Hall–Kier alpha value is -2.73. The molecule has 0 saturated heterocycles. The average molecular weight is 331 g/mol. The van der Waals surface area contributed by atoms with Crippen molar-refractivity contribution in [3.05, 3.63) is 69.8 Å². The zero-order valence-corrected chi connectivity index (χ0v) is 14.8. The molecule has 1 saturated carbocycles. The topological polar surface area (TPSA) is 57.9 Å². The van der Waals surface area contributed by atoms with Crippen molar-refractivity contribution >= 4 is 11.6 Å². The van der Waals surface area contributed by atoms with Crippen LogP contribution < -0.4 is 0 Å². The maximum Gasteiger partial charge on any atom is 0.151 e. The smallest absolute Gasteiger partial charge is 0.151 e. The van der Waals surface area contributed by atoms with Gasteiger partial charge in [-0.25, -0.2) is 0 Å². The van der Waals surface area contributed by atoms with Gasteiger partial charge in [-0.3, -0.25) is 9.59 Å². The fourth-order valence-corrected chi connectivity index (χ4v) is 3.98. The normalized spacial score (nSPS) is 19.9. The highest BCUT2D eigenvalue weighted by molar-refractivity contribution is 6.15. The zero-order valence-electron chi connectivity index (χ0n) is 14.8. The molecule has 2 aromatic carbocycles. The summed E-state index contributed by atoms with van der Waals surface area (Å²) >= 11 is 0. The summed E-state index contributed by atoms with van der Waals surface area (Å²) in [7, 11) is 0. The van der Waals surface area contributed by atoms with Crippen molar-refractivity contribution in [2.45, 2.75) is 39.5 Å². The van der Waals surface area contributed by atoms with Crippen LogP contribution >= 0.6 is 0 Å². The van der Waals surface area contributed by atoms with E-state index in [0.717, 1.165) is 27.8 Å². The van der Waals surface area contributed by atoms with Gasteiger partial charge in [0.25, 0.3) is 0 Å². The van der Waals surface area contributed by atoms with E-state index in [4.69, 9.17) is 5.26 Å². The lowest BCUT2D eigenvalue weighted by Gasteiger charge is -2.16. The van der Waals surface area contributed by atoms with E-state index < -0.39 is 5.92 Å². The lowest BCUT2D eigenvalue weighted by molar-refractivity contribution is -0.124. The molecular weight excluding hydrogens is 310 g/mol. The van der Waals surface area contributed by atoms with Gasteiger partial charge < -0.3 is 0 Å². The van der Waals surface area contributed by atoms with E-state index in [2.05, 4.69) is 6.07 Å². The van der Waals surface area contributed by atoms with Gasteiger partial charge in [-0.1, -0.05) is 29.8 Å². The van der Waals surface area contributed by atoms with Crippen LogP contribution in [0.4, 0.5) is 0 Å². The van der Waals surface area contributed by atoms with Crippen molar-refractivity contribution in [2.24, 2.45) is 5.92 Å².